The van der Waals surface area contributed by atoms with E-state index in [1.54, 1.807) is 4.90 Å². The zero-order valence-electron chi connectivity index (χ0n) is 11.3. The first-order valence-electron chi connectivity index (χ1n) is 6.68. The summed E-state index contributed by atoms with van der Waals surface area (Å²) < 4.78 is 10.8. The lowest BCUT2D eigenvalue weighted by molar-refractivity contribution is -0.127. The fourth-order valence-electron chi connectivity index (χ4n) is 2.80. The van der Waals surface area contributed by atoms with Gasteiger partial charge >= 0.3 is 0 Å². The van der Waals surface area contributed by atoms with E-state index in [0.29, 0.717) is 25.3 Å². The van der Waals surface area contributed by atoms with Crippen LogP contribution in [0.15, 0.2) is 17.1 Å². The highest BCUT2D eigenvalue weighted by atomic mass is 16.5. The molecule has 108 valence electrons. The van der Waals surface area contributed by atoms with Crippen LogP contribution in [-0.4, -0.2) is 53.0 Å². The molecule has 3 rings (SSSR count). The lowest BCUT2D eigenvalue weighted by Crippen LogP contribution is -2.63. The Morgan fingerprint density at radius 3 is 3.00 bits per heavy atom. The van der Waals surface area contributed by atoms with Gasteiger partial charge in [-0.1, -0.05) is 0 Å². The van der Waals surface area contributed by atoms with E-state index in [4.69, 9.17) is 9.15 Å². The minimum atomic E-state index is -0.234. The molecule has 2 saturated heterocycles. The summed E-state index contributed by atoms with van der Waals surface area (Å²) in [5, 5.41) is 2.76. The molecular weight excluding hydrogens is 262 g/mol. The van der Waals surface area contributed by atoms with Crippen molar-refractivity contribution in [2.45, 2.75) is 31.5 Å². The highest BCUT2D eigenvalue weighted by molar-refractivity contribution is 5.92. The molecule has 2 amide bonds. The summed E-state index contributed by atoms with van der Waals surface area (Å²) in [4.78, 5) is 28.5. The molecule has 1 aromatic rings. The summed E-state index contributed by atoms with van der Waals surface area (Å²) in [5.74, 6) is -0.177. The van der Waals surface area contributed by atoms with Gasteiger partial charge in [-0.2, -0.15) is 0 Å². The van der Waals surface area contributed by atoms with Crippen LogP contribution in [-0.2, 0) is 9.53 Å². The molecule has 1 N–H and O–H groups in total. The van der Waals surface area contributed by atoms with Crippen LogP contribution in [0.25, 0.3) is 0 Å². The highest BCUT2D eigenvalue weighted by Crippen LogP contribution is 2.38. The molecule has 3 heterocycles. The number of rotatable bonds is 3. The third-order valence-corrected chi connectivity index (χ3v) is 3.81. The molecule has 1 atom stereocenters. The molecule has 0 aromatic carbocycles. The summed E-state index contributed by atoms with van der Waals surface area (Å²) in [5.41, 5.74) is 0.0929. The molecule has 2 aliphatic heterocycles. The van der Waals surface area contributed by atoms with Crippen molar-refractivity contribution in [2.75, 3.05) is 19.6 Å². The van der Waals surface area contributed by atoms with E-state index in [0.717, 1.165) is 12.8 Å². The minimum Gasteiger partial charge on any atom is -0.451 e. The molecule has 0 radical (unpaired) electrons. The first-order valence-corrected chi connectivity index (χ1v) is 6.68. The second-order valence-corrected chi connectivity index (χ2v) is 5.43. The van der Waals surface area contributed by atoms with Crippen molar-refractivity contribution in [1.82, 2.24) is 15.2 Å². The number of ether oxygens (including phenoxy) is 1. The molecule has 7 heteroatoms. The van der Waals surface area contributed by atoms with Crippen molar-refractivity contribution in [3.05, 3.63) is 18.4 Å². The van der Waals surface area contributed by atoms with Gasteiger partial charge in [0.1, 0.15) is 11.9 Å². The van der Waals surface area contributed by atoms with E-state index < -0.39 is 0 Å². The summed E-state index contributed by atoms with van der Waals surface area (Å²) in [6.07, 6.45) is 4.47. The van der Waals surface area contributed by atoms with Crippen LogP contribution in [0, 0.1) is 0 Å². The van der Waals surface area contributed by atoms with Crippen LogP contribution in [0.2, 0.25) is 0 Å². The molecule has 7 nitrogen and oxygen atoms in total. The van der Waals surface area contributed by atoms with Gasteiger partial charge in [0.25, 0.3) is 5.91 Å². The average molecular weight is 279 g/mol. The molecule has 1 spiro atoms. The molecule has 1 unspecified atom stereocenters. The monoisotopic (exact) mass is 279 g/mol. The molecule has 0 bridgehead atoms. The number of nitrogens with one attached hydrogen (secondary N) is 1. The van der Waals surface area contributed by atoms with Gasteiger partial charge in [-0.3, -0.25) is 9.59 Å². The standard InChI is InChI=1S/C13H17N3O4/c1-9(17)14-4-10-2-3-13(20-10)6-16(7-13)12(18)11-5-19-8-15-11/h5,8,10H,2-4,6-7H2,1H3,(H,14,17). The van der Waals surface area contributed by atoms with Crippen molar-refractivity contribution >= 4 is 11.8 Å². The van der Waals surface area contributed by atoms with Crippen LogP contribution < -0.4 is 5.32 Å². The predicted octanol–water partition coefficient (Wildman–Crippen LogP) is 0.184. The van der Waals surface area contributed by atoms with Gasteiger partial charge in [-0.15, -0.1) is 0 Å². The molecule has 1 aromatic heterocycles. The lowest BCUT2D eigenvalue weighted by atomic mass is 9.90. The van der Waals surface area contributed by atoms with Gasteiger partial charge in [0, 0.05) is 13.5 Å². The van der Waals surface area contributed by atoms with Gasteiger partial charge in [0.05, 0.1) is 19.2 Å². The minimum absolute atomic E-state index is 0.0446. The predicted molar refractivity (Wildman–Crippen MR) is 67.9 cm³/mol. The summed E-state index contributed by atoms with van der Waals surface area (Å²) in [6, 6.07) is 0. The van der Waals surface area contributed by atoms with Crippen molar-refractivity contribution in [1.29, 1.82) is 0 Å². The van der Waals surface area contributed by atoms with Gasteiger partial charge < -0.3 is 19.4 Å². The summed E-state index contributed by atoms with van der Waals surface area (Å²) in [7, 11) is 0. The third-order valence-electron chi connectivity index (χ3n) is 3.81. The second-order valence-electron chi connectivity index (χ2n) is 5.43. The molecule has 0 saturated carbocycles. The Morgan fingerprint density at radius 1 is 1.55 bits per heavy atom. The zero-order chi connectivity index (χ0) is 14.2. The Labute approximate surface area is 116 Å². The quantitative estimate of drug-likeness (QED) is 0.853. The smallest absolute Gasteiger partial charge is 0.276 e. The molecule has 20 heavy (non-hydrogen) atoms. The van der Waals surface area contributed by atoms with Gasteiger partial charge in [-0.05, 0) is 12.8 Å². The number of amides is 2. The SMILES string of the molecule is CC(=O)NCC1CCC2(CN(C(=O)c3cocn3)C2)O1. The van der Waals surface area contributed by atoms with Crippen molar-refractivity contribution in [3.63, 3.8) is 0 Å². The lowest BCUT2D eigenvalue weighted by Gasteiger charge is -2.47. The molecule has 2 aliphatic rings. The van der Waals surface area contributed by atoms with Crippen LogP contribution in [0.1, 0.15) is 30.3 Å². The fourth-order valence-corrected chi connectivity index (χ4v) is 2.80. The number of hydrogen-bond acceptors (Lipinski definition) is 5. The maximum Gasteiger partial charge on any atom is 0.276 e. The second kappa shape index (κ2) is 4.90. The maximum atomic E-state index is 12.0. The Balaban J connectivity index is 1.50. The van der Waals surface area contributed by atoms with E-state index in [-0.39, 0.29) is 23.5 Å². The fraction of sp³-hybridized carbons (Fsp3) is 0.615. The highest BCUT2D eigenvalue weighted by Gasteiger charge is 2.51. The Morgan fingerprint density at radius 2 is 2.35 bits per heavy atom. The molecular formula is C13H17N3O4. The third kappa shape index (κ3) is 2.40. The zero-order valence-corrected chi connectivity index (χ0v) is 11.3. The number of hydrogen-bond donors (Lipinski definition) is 1. The first-order chi connectivity index (χ1) is 9.58. The van der Waals surface area contributed by atoms with Gasteiger partial charge in [0.15, 0.2) is 12.1 Å². The Hall–Kier alpha value is -1.89. The number of carbonyl (C=O) groups is 2. The average Bonchev–Trinajstić information content (AvgIpc) is 3.03. The van der Waals surface area contributed by atoms with Crippen molar-refractivity contribution in [2.24, 2.45) is 0 Å². The Bertz CT molecular complexity index is 508. The van der Waals surface area contributed by atoms with E-state index in [1.807, 2.05) is 0 Å². The summed E-state index contributed by atoms with van der Waals surface area (Å²) in [6.45, 7) is 3.19. The number of nitrogens with zero attached hydrogens (tertiary/aromatic N) is 2. The topological polar surface area (TPSA) is 84.7 Å². The number of likely N-dealkylation sites (tertiary alicyclic amines) is 1. The number of carbonyl (C=O) groups excluding carboxylic acids is 2. The van der Waals surface area contributed by atoms with E-state index in [9.17, 15) is 9.59 Å². The first kappa shape index (κ1) is 13.1. The van der Waals surface area contributed by atoms with Crippen LogP contribution in [0.4, 0.5) is 0 Å². The van der Waals surface area contributed by atoms with Crippen molar-refractivity contribution < 1.29 is 18.7 Å². The number of aromatic nitrogens is 1. The van der Waals surface area contributed by atoms with Gasteiger partial charge in [-0.25, -0.2) is 4.98 Å². The largest absolute Gasteiger partial charge is 0.451 e. The van der Waals surface area contributed by atoms with Crippen LogP contribution >= 0.6 is 0 Å². The van der Waals surface area contributed by atoms with Crippen molar-refractivity contribution in [3.8, 4) is 0 Å². The number of oxazole rings is 1. The van der Waals surface area contributed by atoms with E-state index in [1.165, 1.54) is 19.6 Å². The molecule has 2 fully saturated rings. The van der Waals surface area contributed by atoms with Crippen LogP contribution in [0.5, 0.6) is 0 Å². The van der Waals surface area contributed by atoms with E-state index in [2.05, 4.69) is 10.3 Å². The maximum absolute atomic E-state index is 12.0. The molecule has 0 aliphatic carbocycles. The normalized spacial score (nSPS) is 23.6. The summed E-state index contributed by atoms with van der Waals surface area (Å²) >= 11 is 0. The Kier molecular flexibility index (Phi) is 3.21. The van der Waals surface area contributed by atoms with Crippen LogP contribution in [0.3, 0.4) is 0 Å². The van der Waals surface area contributed by atoms with Gasteiger partial charge in [0.2, 0.25) is 5.91 Å². The van der Waals surface area contributed by atoms with E-state index >= 15 is 0 Å².